The number of alkyl halides is 3. The van der Waals surface area contributed by atoms with Crippen LogP contribution in [0.1, 0.15) is 29.8 Å². The number of hydrogen-bond donors (Lipinski definition) is 1. The smallest absolute Gasteiger partial charge is 0.366 e. The van der Waals surface area contributed by atoms with Crippen molar-refractivity contribution in [2.24, 2.45) is 5.73 Å². The number of benzene rings is 1. The Morgan fingerprint density at radius 2 is 1.75 bits per heavy atom. The maximum Gasteiger partial charge on any atom is 0.416 e. The van der Waals surface area contributed by atoms with Gasteiger partial charge < -0.3 is 5.73 Å². The van der Waals surface area contributed by atoms with E-state index in [0.717, 1.165) is 6.07 Å². The quantitative estimate of drug-likeness (QED) is 0.846. The molecule has 2 nitrogen and oxygen atoms in total. The van der Waals surface area contributed by atoms with Crippen molar-refractivity contribution in [2.45, 2.75) is 20.0 Å². The predicted molar refractivity (Wildman–Crippen MR) is 59.0 cm³/mol. The first-order chi connectivity index (χ1) is 7.30. The maximum absolute atomic E-state index is 12.2. The Morgan fingerprint density at radius 1 is 1.25 bits per heavy atom. The number of nitrogens with two attached hydrogens (primary N) is 1. The Labute approximate surface area is 99.8 Å². The second-order valence-electron chi connectivity index (χ2n) is 2.59. The Balaban J connectivity index is 0.00000106. The van der Waals surface area contributed by atoms with Crippen molar-refractivity contribution in [2.75, 3.05) is 0 Å². The minimum Gasteiger partial charge on any atom is -0.366 e. The zero-order valence-electron chi connectivity index (χ0n) is 8.73. The van der Waals surface area contributed by atoms with Crippen LogP contribution in [0, 0.1) is 0 Å². The molecule has 2 N–H and O–H groups in total. The normalized spacial score (nSPS) is 10.4. The molecule has 0 aliphatic carbocycles. The van der Waals surface area contributed by atoms with Gasteiger partial charge in [-0.05, 0) is 18.2 Å². The van der Waals surface area contributed by atoms with Crippen LogP contribution in [0.3, 0.4) is 0 Å². The molecule has 1 rings (SSSR count). The van der Waals surface area contributed by atoms with E-state index in [2.05, 4.69) is 15.9 Å². The lowest BCUT2D eigenvalue weighted by atomic mass is 10.1. The van der Waals surface area contributed by atoms with Gasteiger partial charge in [0.25, 0.3) is 0 Å². The fraction of sp³-hybridized carbons (Fsp3) is 0.300. The molecule has 16 heavy (non-hydrogen) atoms. The first kappa shape index (κ1) is 15.0. The molecule has 0 spiro atoms. The summed E-state index contributed by atoms with van der Waals surface area (Å²) in [6, 6.07) is 2.83. The molecule has 0 unspecified atom stereocenters. The summed E-state index contributed by atoms with van der Waals surface area (Å²) in [6.07, 6.45) is -4.48. The van der Waals surface area contributed by atoms with Crippen LogP contribution in [0.25, 0.3) is 0 Å². The predicted octanol–water partition coefficient (Wildman–Crippen LogP) is 3.59. The average molecular weight is 298 g/mol. The number of hydrogen-bond acceptors (Lipinski definition) is 1. The number of carbonyl (C=O) groups excluding carboxylic acids is 1. The van der Waals surface area contributed by atoms with Gasteiger partial charge in [0.15, 0.2) is 0 Å². The third-order valence-electron chi connectivity index (χ3n) is 1.51. The Bertz CT molecular complexity index is 377. The summed E-state index contributed by atoms with van der Waals surface area (Å²) in [6.45, 7) is 4.00. The van der Waals surface area contributed by atoms with E-state index in [0.29, 0.717) is 6.07 Å². The van der Waals surface area contributed by atoms with Crippen molar-refractivity contribution in [1.29, 1.82) is 0 Å². The van der Waals surface area contributed by atoms with Gasteiger partial charge in [-0.1, -0.05) is 29.8 Å². The molecular formula is C10H11BrF3NO. The van der Waals surface area contributed by atoms with Crippen molar-refractivity contribution >= 4 is 21.8 Å². The van der Waals surface area contributed by atoms with Gasteiger partial charge in [0.2, 0.25) is 5.91 Å². The molecule has 0 aliphatic heterocycles. The summed E-state index contributed by atoms with van der Waals surface area (Å²) >= 11 is 2.87. The van der Waals surface area contributed by atoms with E-state index in [1.54, 1.807) is 0 Å². The maximum atomic E-state index is 12.2. The Kier molecular flexibility index (Phi) is 5.50. The van der Waals surface area contributed by atoms with Crippen molar-refractivity contribution in [3.63, 3.8) is 0 Å². The van der Waals surface area contributed by atoms with Gasteiger partial charge in [0.1, 0.15) is 0 Å². The number of amides is 1. The molecule has 0 saturated carbocycles. The Morgan fingerprint density at radius 3 is 2.12 bits per heavy atom. The summed E-state index contributed by atoms with van der Waals surface area (Å²) in [5, 5.41) is 0. The standard InChI is InChI=1S/C8H5BrF3NO.C2H6/c9-6-2-4(7(13)14)1-5(3-6)8(10,11)12;1-2/h1-3H,(H2,13,14);1-2H3. The highest BCUT2D eigenvalue weighted by atomic mass is 79.9. The summed E-state index contributed by atoms with van der Waals surface area (Å²) in [7, 11) is 0. The van der Waals surface area contributed by atoms with Crippen LogP contribution in [0.15, 0.2) is 22.7 Å². The highest BCUT2D eigenvalue weighted by molar-refractivity contribution is 9.10. The molecule has 0 saturated heterocycles. The molecule has 1 aromatic carbocycles. The molecule has 1 aromatic rings. The summed E-state index contributed by atoms with van der Waals surface area (Å²) < 4.78 is 36.9. The van der Waals surface area contributed by atoms with Crippen molar-refractivity contribution in [1.82, 2.24) is 0 Å². The van der Waals surface area contributed by atoms with Crippen LogP contribution < -0.4 is 5.73 Å². The van der Waals surface area contributed by atoms with E-state index in [1.807, 2.05) is 13.8 Å². The van der Waals surface area contributed by atoms with Gasteiger partial charge in [0.05, 0.1) is 5.56 Å². The lowest BCUT2D eigenvalue weighted by Gasteiger charge is -2.08. The molecule has 0 fully saturated rings. The van der Waals surface area contributed by atoms with Crippen LogP contribution in [-0.4, -0.2) is 5.91 Å². The summed E-state index contributed by atoms with van der Waals surface area (Å²) in [4.78, 5) is 10.7. The molecular weight excluding hydrogens is 287 g/mol. The molecule has 1 amide bonds. The number of halogens is 4. The molecule has 0 bridgehead atoms. The lowest BCUT2D eigenvalue weighted by molar-refractivity contribution is -0.137. The third kappa shape index (κ3) is 4.22. The van der Waals surface area contributed by atoms with Gasteiger partial charge in [-0.2, -0.15) is 13.2 Å². The van der Waals surface area contributed by atoms with Crippen LogP contribution in [0.4, 0.5) is 13.2 Å². The third-order valence-corrected chi connectivity index (χ3v) is 1.97. The van der Waals surface area contributed by atoms with E-state index in [1.165, 1.54) is 6.07 Å². The second kappa shape index (κ2) is 5.89. The van der Waals surface area contributed by atoms with E-state index in [4.69, 9.17) is 5.73 Å². The minimum absolute atomic E-state index is 0.168. The molecule has 0 aromatic heterocycles. The molecule has 0 radical (unpaired) electrons. The number of carbonyl (C=O) groups is 1. The molecule has 90 valence electrons. The highest BCUT2D eigenvalue weighted by Gasteiger charge is 2.31. The minimum atomic E-state index is -4.48. The fourth-order valence-corrected chi connectivity index (χ4v) is 1.39. The lowest BCUT2D eigenvalue weighted by Crippen LogP contribution is -2.13. The summed E-state index contributed by atoms with van der Waals surface area (Å²) in [5.41, 5.74) is 3.79. The second-order valence-corrected chi connectivity index (χ2v) is 3.51. The van der Waals surface area contributed by atoms with E-state index >= 15 is 0 Å². The first-order valence-electron chi connectivity index (χ1n) is 4.48. The van der Waals surface area contributed by atoms with Crippen LogP contribution in [-0.2, 0) is 6.18 Å². The van der Waals surface area contributed by atoms with Crippen LogP contribution in [0.2, 0.25) is 0 Å². The van der Waals surface area contributed by atoms with Crippen molar-refractivity contribution in [3.05, 3.63) is 33.8 Å². The van der Waals surface area contributed by atoms with Gasteiger partial charge in [-0.3, -0.25) is 4.79 Å². The number of primary amides is 1. The van der Waals surface area contributed by atoms with Crippen molar-refractivity contribution in [3.8, 4) is 0 Å². The van der Waals surface area contributed by atoms with Crippen molar-refractivity contribution < 1.29 is 18.0 Å². The zero-order chi connectivity index (χ0) is 12.9. The Hall–Kier alpha value is -1.04. The molecule has 6 heteroatoms. The monoisotopic (exact) mass is 297 g/mol. The number of rotatable bonds is 1. The van der Waals surface area contributed by atoms with Gasteiger partial charge in [0, 0.05) is 10.0 Å². The zero-order valence-corrected chi connectivity index (χ0v) is 10.3. The highest BCUT2D eigenvalue weighted by Crippen LogP contribution is 2.31. The average Bonchev–Trinajstić information content (AvgIpc) is 2.18. The molecule has 0 atom stereocenters. The molecule has 0 heterocycles. The van der Waals surface area contributed by atoms with Gasteiger partial charge >= 0.3 is 6.18 Å². The van der Waals surface area contributed by atoms with E-state index in [9.17, 15) is 18.0 Å². The van der Waals surface area contributed by atoms with Crippen LogP contribution >= 0.6 is 15.9 Å². The SMILES string of the molecule is CC.NC(=O)c1cc(Br)cc(C(F)(F)F)c1. The van der Waals surface area contributed by atoms with E-state index in [-0.39, 0.29) is 10.0 Å². The fourth-order valence-electron chi connectivity index (χ4n) is 0.896. The van der Waals surface area contributed by atoms with Gasteiger partial charge in [-0.25, -0.2) is 0 Å². The topological polar surface area (TPSA) is 43.1 Å². The van der Waals surface area contributed by atoms with E-state index < -0.39 is 17.6 Å². The summed E-state index contributed by atoms with van der Waals surface area (Å²) in [5.74, 6) is -0.892. The first-order valence-corrected chi connectivity index (χ1v) is 5.27. The largest absolute Gasteiger partial charge is 0.416 e. The molecule has 0 aliphatic rings. The van der Waals surface area contributed by atoms with Gasteiger partial charge in [-0.15, -0.1) is 0 Å². The van der Waals surface area contributed by atoms with Crippen LogP contribution in [0.5, 0.6) is 0 Å².